The van der Waals surface area contributed by atoms with E-state index in [2.05, 4.69) is 10.9 Å². The molecule has 0 saturated carbocycles. The number of benzene rings is 3. The highest BCUT2D eigenvalue weighted by molar-refractivity contribution is 7.89. The standard InChI is InChI=1S/C22H17N3O4S2/c1-3-10-25-18-9-8-16(31(23,27)28)13-20(18)30-22(25)24-21(26)17-11-14-6-4-5-7-15(14)12-19(17)29-2/h1,4-9,11-13H,10H2,2H3,(H2,23,27,28). The topological polar surface area (TPSA) is 104 Å². The van der Waals surface area contributed by atoms with Gasteiger partial charge in [-0.05, 0) is 41.1 Å². The number of rotatable bonds is 4. The molecule has 4 aromatic rings. The molecule has 9 heteroatoms. The summed E-state index contributed by atoms with van der Waals surface area (Å²) in [6, 6.07) is 15.6. The summed E-state index contributed by atoms with van der Waals surface area (Å²) in [5, 5.41) is 7.05. The number of amides is 1. The Balaban J connectivity index is 1.90. The number of carbonyl (C=O) groups excluding carboxylic acids is 1. The zero-order chi connectivity index (χ0) is 22.2. The first kappa shape index (κ1) is 20.8. The molecule has 0 aliphatic heterocycles. The lowest BCUT2D eigenvalue weighted by atomic mass is 10.1. The molecule has 0 saturated heterocycles. The molecule has 0 aliphatic rings. The molecule has 156 valence electrons. The van der Waals surface area contributed by atoms with E-state index >= 15 is 0 Å². The van der Waals surface area contributed by atoms with Crippen molar-refractivity contribution in [3.8, 4) is 18.1 Å². The van der Waals surface area contributed by atoms with Crippen molar-refractivity contribution in [2.45, 2.75) is 11.4 Å². The predicted molar refractivity (Wildman–Crippen MR) is 120 cm³/mol. The van der Waals surface area contributed by atoms with Gasteiger partial charge in [0.25, 0.3) is 5.91 Å². The second kappa shape index (κ2) is 8.00. The maximum Gasteiger partial charge on any atom is 0.283 e. The number of primary sulfonamides is 1. The Morgan fingerprint density at radius 2 is 1.90 bits per heavy atom. The number of aromatic nitrogens is 1. The van der Waals surface area contributed by atoms with Crippen molar-refractivity contribution in [2.75, 3.05) is 7.11 Å². The molecule has 0 bridgehead atoms. The van der Waals surface area contributed by atoms with Crippen LogP contribution in [0, 0.1) is 12.3 Å². The number of nitrogens with zero attached hydrogens (tertiary/aromatic N) is 2. The van der Waals surface area contributed by atoms with Gasteiger partial charge in [-0.25, -0.2) is 13.6 Å². The highest BCUT2D eigenvalue weighted by atomic mass is 32.2. The van der Waals surface area contributed by atoms with Crippen molar-refractivity contribution in [3.05, 3.63) is 65.0 Å². The average molecular weight is 452 g/mol. The summed E-state index contributed by atoms with van der Waals surface area (Å²) < 4.78 is 31.1. The summed E-state index contributed by atoms with van der Waals surface area (Å²) in [6.07, 6.45) is 5.50. The minimum atomic E-state index is -3.86. The maximum absolute atomic E-state index is 13.1. The van der Waals surface area contributed by atoms with Gasteiger partial charge in [0.05, 0.1) is 34.3 Å². The van der Waals surface area contributed by atoms with E-state index in [4.69, 9.17) is 16.3 Å². The molecule has 1 heterocycles. The molecule has 2 N–H and O–H groups in total. The fourth-order valence-electron chi connectivity index (χ4n) is 3.26. The largest absolute Gasteiger partial charge is 0.496 e. The van der Waals surface area contributed by atoms with Crippen LogP contribution in [0.2, 0.25) is 0 Å². The van der Waals surface area contributed by atoms with Gasteiger partial charge in [0.2, 0.25) is 10.0 Å². The summed E-state index contributed by atoms with van der Waals surface area (Å²) in [5.41, 5.74) is 0.975. The average Bonchev–Trinajstić information content (AvgIpc) is 3.08. The number of ether oxygens (including phenoxy) is 1. The van der Waals surface area contributed by atoms with E-state index in [1.165, 1.54) is 19.2 Å². The van der Waals surface area contributed by atoms with E-state index in [1.807, 2.05) is 24.3 Å². The summed E-state index contributed by atoms with van der Waals surface area (Å²) in [4.78, 5) is 17.7. The van der Waals surface area contributed by atoms with Crippen molar-refractivity contribution >= 4 is 48.3 Å². The number of fused-ring (bicyclic) bond motifs is 2. The molecular formula is C22H17N3O4S2. The minimum Gasteiger partial charge on any atom is -0.496 e. The lowest BCUT2D eigenvalue weighted by Gasteiger charge is -2.07. The molecule has 3 aromatic carbocycles. The van der Waals surface area contributed by atoms with Gasteiger partial charge in [0.1, 0.15) is 5.75 Å². The van der Waals surface area contributed by atoms with Gasteiger partial charge < -0.3 is 9.30 Å². The van der Waals surface area contributed by atoms with Gasteiger partial charge in [-0.1, -0.05) is 41.5 Å². The van der Waals surface area contributed by atoms with Gasteiger partial charge >= 0.3 is 0 Å². The first-order valence-corrected chi connectivity index (χ1v) is 11.4. The Morgan fingerprint density at radius 1 is 1.19 bits per heavy atom. The van der Waals surface area contributed by atoms with Crippen molar-refractivity contribution < 1.29 is 17.9 Å². The van der Waals surface area contributed by atoms with Gasteiger partial charge in [-0.15, -0.1) is 6.42 Å². The lowest BCUT2D eigenvalue weighted by molar-refractivity contribution is 0.0995. The molecule has 31 heavy (non-hydrogen) atoms. The molecule has 0 spiro atoms. The second-order valence-electron chi connectivity index (χ2n) is 6.67. The zero-order valence-corrected chi connectivity index (χ0v) is 18.0. The third kappa shape index (κ3) is 3.96. The van der Waals surface area contributed by atoms with Crippen molar-refractivity contribution in [1.82, 2.24) is 4.57 Å². The summed E-state index contributed by atoms with van der Waals surface area (Å²) in [5.74, 6) is 2.45. The summed E-state index contributed by atoms with van der Waals surface area (Å²) in [7, 11) is -2.37. The zero-order valence-electron chi connectivity index (χ0n) is 16.4. The van der Waals surface area contributed by atoms with Crippen molar-refractivity contribution in [2.24, 2.45) is 10.1 Å². The fraction of sp³-hybridized carbons (Fsp3) is 0.0909. The van der Waals surface area contributed by atoms with Crippen LogP contribution in [0.15, 0.2) is 64.5 Å². The molecule has 0 atom stereocenters. The first-order chi connectivity index (χ1) is 14.8. The molecule has 0 aliphatic carbocycles. The third-order valence-corrected chi connectivity index (χ3v) is 6.68. The molecule has 1 amide bonds. The Morgan fingerprint density at radius 3 is 2.55 bits per heavy atom. The number of hydrogen-bond donors (Lipinski definition) is 1. The van der Waals surface area contributed by atoms with E-state index in [9.17, 15) is 13.2 Å². The number of hydrogen-bond acceptors (Lipinski definition) is 5. The van der Waals surface area contributed by atoms with Gasteiger partial charge in [0.15, 0.2) is 4.80 Å². The maximum atomic E-state index is 13.1. The molecule has 1 aromatic heterocycles. The number of thiazole rings is 1. The van der Waals surface area contributed by atoms with Crippen LogP contribution in [0.25, 0.3) is 21.0 Å². The SMILES string of the molecule is C#CCn1c(=NC(=O)c2cc3ccccc3cc2OC)sc2cc(S(N)(=O)=O)ccc21. The van der Waals surface area contributed by atoms with Gasteiger partial charge in [0, 0.05) is 0 Å². The van der Waals surface area contributed by atoms with E-state index in [1.54, 1.807) is 22.8 Å². The molecule has 0 unspecified atom stereocenters. The molecule has 7 nitrogen and oxygen atoms in total. The Hall–Kier alpha value is -3.45. The van der Waals surface area contributed by atoms with Crippen LogP contribution in [0.5, 0.6) is 5.75 Å². The van der Waals surface area contributed by atoms with Crippen LogP contribution in [0.3, 0.4) is 0 Å². The number of terminal acetylenes is 1. The Kier molecular flexibility index (Phi) is 5.37. The number of sulfonamides is 1. The van der Waals surface area contributed by atoms with Crippen molar-refractivity contribution in [3.63, 3.8) is 0 Å². The highest BCUT2D eigenvalue weighted by Crippen LogP contribution is 2.27. The van der Waals surface area contributed by atoms with Crippen LogP contribution < -0.4 is 14.7 Å². The monoisotopic (exact) mass is 451 g/mol. The van der Waals surface area contributed by atoms with Crippen LogP contribution >= 0.6 is 11.3 Å². The normalized spacial score (nSPS) is 12.2. The lowest BCUT2D eigenvalue weighted by Crippen LogP contribution is -2.17. The van der Waals surface area contributed by atoms with Gasteiger partial charge in [-0.3, -0.25) is 4.79 Å². The molecule has 4 rings (SSSR count). The van der Waals surface area contributed by atoms with E-state index in [0.717, 1.165) is 22.1 Å². The van der Waals surface area contributed by atoms with Crippen LogP contribution in [0.1, 0.15) is 10.4 Å². The number of nitrogens with two attached hydrogens (primary N) is 1. The van der Waals surface area contributed by atoms with Gasteiger partial charge in [-0.2, -0.15) is 4.99 Å². The fourth-order valence-corrected chi connectivity index (χ4v) is 4.94. The van der Waals surface area contributed by atoms with E-state index in [0.29, 0.717) is 26.3 Å². The number of methoxy groups -OCH3 is 1. The Labute approximate surface area is 182 Å². The molecular weight excluding hydrogens is 434 g/mol. The number of carbonyl (C=O) groups is 1. The van der Waals surface area contributed by atoms with E-state index in [-0.39, 0.29) is 11.4 Å². The molecule has 0 radical (unpaired) electrons. The van der Waals surface area contributed by atoms with Crippen LogP contribution in [-0.2, 0) is 16.6 Å². The minimum absolute atomic E-state index is 0.0248. The molecule has 0 fully saturated rings. The summed E-state index contributed by atoms with van der Waals surface area (Å²) in [6.45, 7) is 0.162. The Bertz CT molecular complexity index is 1560. The first-order valence-electron chi connectivity index (χ1n) is 9.07. The van der Waals surface area contributed by atoms with Crippen LogP contribution in [-0.4, -0.2) is 26.0 Å². The quantitative estimate of drug-likeness (QED) is 0.482. The third-order valence-electron chi connectivity index (χ3n) is 4.73. The summed E-state index contributed by atoms with van der Waals surface area (Å²) >= 11 is 1.15. The smallest absolute Gasteiger partial charge is 0.283 e. The second-order valence-corrected chi connectivity index (χ2v) is 9.24. The predicted octanol–water partition coefficient (Wildman–Crippen LogP) is 2.89. The van der Waals surface area contributed by atoms with E-state index < -0.39 is 15.9 Å². The van der Waals surface area contributed by atoms with Crippen molar-refractivity contribution in [1.29, 1.82) is 0 Å². The highest BCUT2D eigenvalue weighted by Gasteiger charge is 2.16. The van der Waals surface area contributed by atoms with Crippen LogP contribution in [0.4, 0.5) is 0 Å².